The number of nitrogens with zero attached hydrogens (tertiary/aromatic N) is 1. The van der Waals surface area contributed by atoms with Crippen LogP contribution in [0.15, 0.2) is 24.3 Å². The number of hydrogen-bond donors (Lipinski definition) is 2. The second-order valence-corrected chi connectivity index (χ2v) is 3.77. The Morgan fingerprint density at radius 2 is 2.07 bits per heavy atom. The second kappa shape index (κ2) is 6.43. The van der Waals surface area contributed by atoms with Crippen molar-refractivity contribution in [2.45, 2.75) is 13.5 Å². The highest BCUT2D eigenvalue weighted by Gasteiger charge is 1.97. The lowest BCUT2D eigenvalue weighted by molar-refractivity contribution is 0.349. The van der Waals surface area contributed by atoms with E-state index < -0.39 is 0 Å². The smallest absolute Gasteiger partial charge is 0.0359 e. The Hall–Kier alpha value is -1.06. The SMILES string of the molecule is CCN(C)CCNCc1ccccc1N. The molecule has 0 unspecified atom stereocenters. The van der Waals surface area contributed by atoms with Crippen molar-refractivity contribution in [3.63, 3.8) is 0 Å². The summed E-state index contributed by atoms with van der Waals surface area (Å²) in [5.74, 6) is 0. The molecular formula is C12H21N3. The van der Waals surface area contributed by atoms with E-state index in [-0.39, 0.29) is 0 Å². The van der Waals surface area contributed by atoms with Gasteiger partial charge in [-0.2, -0.15) is 0 Å². The van der Waals surface area contributed by atoms with E-state index in [1.54, 1.807) is 0 Å². The topological polar surface area (TPSA) is 41.3 Å². The van der Waals surface area contributed by atoms with Crippen molar-refractivity contribution in [3.8, 4) is 0 Å². The van der Waals surface area contributed by atoms with Gasteiger partial charge in [-0.1, -0.05) is 25.1 Å². The molecule has 0 spiro atoms. The number of para-hydroxylation sites is 1. The number of hydrogen-bond acceptors (Lipinski definition) is 3. The first-order valence-electron chi connectivity index (χ1n) is 5.46. The minimum absolute atomic E-state index is 0.851. The number of rotatable bonds is 6. The summed E-state index contributed by atoms with van der Waals surface area (Å²) in [5, 5.41) is 3.39. The Morgan fingerprint density at radius 1 is 1.33 bits per heavy atom. The van der Waals surface area contributed by atoms with Gasteiger partial charge in [-0.05, 0) is 25.2 Å². The molecule has 0 aliphatic carbocycles. The zero-order valence-electron chi connectivity index (χ0n) is 9.66. The summed E-state index contributed by atoms with van der Waals surface area (Å²) in [6.07, 6.45) is 0. The molecule has 0 radical (unpaired) electrons. The standard InChI is InChI=1S/C12H21N3/c1-3-15(2)9-8-14-10-11-6-4-5-7-12(11)13/h4-7,14H,3,8-10,13H2,1-2H3. The van der Waals surface area contributed by atoms with Gasteiger partial charge in [0.25, 0.3) is 0 Å². The van der Waals surface area contributed by atoms with Crippen LogP contribution in [0, 0.1) is 0 Å². The molecule has 0 aliphatic heterocycles. The Labute approximate surface area is 92.3 Å². The predicted molar refractivity (Wildman–Crippen MR) is 65.7 cm³/mol. The molecule has 1 rings (SSSR count). The fourth-order valence-corrected chi connectivity index (χ4v) is 1.35. The van der Waals surface area contributed by atoms with Crippen molar-refractivity contribution in [2.75, 3.05) is 32.4 Å². The summed E-state index contributed by atoms with van der Waals surface area (Å²) in [6, 6.07) is 7.98. The van der Waals surface area contributed by atoms with Crippen LogP contribution < -0.4 is 11.1 Å². The van der Waals surface area contributed by atoms with Gasteiger partial charge < -0.3 is 16.0 Å². The zero-order chi connectivity index (χ0) is 11.1. The lowest BCUT2D eigenvalue weighted by atomic mass is 10.2. The third-order valence-corrected chi connectivity index (χ3v) is 2.58. The van der Waals surface area contributed by atoms with Crippen LogP contribution in [0.25, 0.3) is 0 Å². The minimum atomic E-state index is 0.851. The van der Waals surface area contributed by atoms with E-state index in [2.05, 4.69) is 30.3 Å². The molecule has 3 heteroatoms. The number of nitrogen functional groups attached to an aromatic ring is 1. The van der Waals surface area contributed by atoms with Gasteiger partial charge >= 0.3 is 0 Å². The molecular weight excluding hydrogens is 186 g/mol. The number of nitrogens with two attached hydrogens (primary N) is 1. The fraction of sp³-hybridized carbons (Fsp3) is 0.500. The third-order valence-electron chi connectivity index (χ3n) is 2.58. The Bertz CT molecular complexity index is 286. The van der Waals surface area contributed by atoms with E-state index in [1.165, 1.54) is 5.56 Å². The summed E-state index contributed by atoms with van der Waals surface area (Å²) in [4.78, 5) is 2.28. The summed E-state index contributed by atoms with van der Waals surface area (Å²) in [5.41, 5.74) is 7.89. The molecule has 3 nitrogen and oxygen atoms in total. The molecule has 0 atom stereocenters. The van der Waals surface area contributed by atoms with E-state index >= 15 is 0 Å². The van der Waals surface area contributed by atoms with Gasteiger partial charge in [0.1, 0.15) is 0 Å². The minimum Gasteiger partial charge on any atom is -0.398 e. The van der Waals surface area contributed by atoms with E-state index in [9.17, 15) is 0 Å². The first-order valence-corrected chi connectivity index (χ1v) is 5.46. The number of benzene rings is 1. The van der Waals surface area contributed by atoms with E-state index in [4.69, 9.17) is 5.73 Å². The maximum atomic E-state index is 5.84. The van der Waals surface area contributed by atoms with Crippen molar-refractivity contribution in [2.24, 2.45) is 0 Å². The molecule has 0 fully saturated rings. The molecule has 0 aliphatic rings. The molecule has 0 saturated heterocycles. The number of anilines is 1. The molecule has 0 saturated carbocycles. The van der Waals surface area contributed by atoms with Crippen LogP contribution in [0.3, 0.4) is 0 Å². The molecule has 84 valence electrons. The lowest BCUT2D eigenvalue weighted by Gasteiger charge is -2.14. The van der Waals surface area contributed by atoms with E-state index in [0.29, 0.717) is 0 Å². The van der Waals surface area contributed by atoms with Crippen molar-refractivity contribution < 1.29 is 0 Å². The van der Waals surface area contributed by atoms with Gasteiger partial charge in [-0.15, -0.1) is 0 Å². The lowest BCUT2D eigenvalue weighted by Crippen LogP contribution is -2.28. The summed E-state index contributed by atoms with van der Waals surface area (Å²) in [7, 11) is 2.12. The Balaban J connectivity index is 2.23. The highest BCUT2D eigenvalue weighted by atomic mass is 15.1. The van der Waals surface area contributed by atoms with Gasteiger partial charge in [0.15, 0.2) is 0 Å². The van der Waals surface area contributed by atoms with Crippen LogP contribution in [-0.2, 0) is 6.54 Å². The molecule has 0 aromatic heterocycles. The van der Waals surface area contributed by atoms with Crippen LogP contribution in [0.1, 0.15) is 12.5 Å². The van der Waals surface area contributed by atoms with Crippen LogP contribution in [0.2, 0.25) is 0 Å². The maximum absolute atomic E-state index is 5.84. The molecule has 3 N–H and O–H groups in total. The number of likely N-dealkylation sites (N-methyl/N-ethyl adjacent to an activating group) is 1. The van der Waals surface area contributed by atoms with E-state index in [0.717, 1.165) is 31.9 Å². The average molecular weight is 207 g/mol. The molecule has 0 bridgehead atoms. The van der Waals surface area contributed by atoms with Crippen LogP contribution in [-0.4, -0.2) is 31.6 Å². The van der Waals surface area contributed by atoms with Gasteiger partial charge in [-0.25, -0.2) is 0 Å². The van der Waals surface area contributed by atoms with Crippen molar-refractivity contribution in [1.82, 2.24) is 10.2 Å². The fourth-order valence-electron chi connectivity index (χ4n) is 1.35. The van der Waals surface area contributed by atoms with Gasteiger partial charge in [0, 0.05) is 25.3 Å². The molecule has 0 heterocycles. The summed E-state index contributed by atoms with van der Waals surface area (Å²) >= 11 is 0. The molecule has 1 aromatic carbocycles. The van der Waals surface area contributed by atoms with E-state index in [1.807, 2.05) is 18.2 Å². The highest BCUT2D eigenvalue weighted by Crippen LogP contribution is 2.09. The van der Waals surface area contributed by atoms with Crippen LogP contribution in [0.4, 0.5) is 5.69 Å². The van der Waals surface area contributed by atoms with Crippen LogP contribution >= 0.6 is 0 Å². The Kier molecular flexibility index (Phi) is 5.15. The molecule has 1 aromatic rings. The summed E-state index contributed by atoms with van der Waals surface area (Å²) < 4.78 is 0. The van der Waals surface area contributed by atoms with Crippen LogP contribution in [0.5, 0.6) is 0 Å². The molecule has 0 amide bonds. The first kappa shape index (κ1) is 12.0. The number of nitrogens with one attached hydrogen (secondary N) is 1. The van der Waals surface area contributed by atoms with Crippen molar-refractivity contribution in [3.05, 3.63) is 29.8 Å². The summed E-state index contributed by atoms with van der Waals surface area (Å²) in [6.45, 7) is 6.18. The monoisotopic (exact) mass is 207 g/mol. The van der Waals surface area contributed by atoms with Crippen molar-refractivity contribution in [1.29, 1.82) is 0 Å². The quantitative estimate of drug-likeness (QED) is 0.546. The highest BCUT2D eigenvalue weighted by molar-refractivity contribution is 5.46. The molecule has 15 heavy (non-hydrogen) atoms. The zero-order valence-corrected chi connectivity index (χ0v) is 9.66. The largest absolute Gasteiger partial charge is 0.398 e. The maximum Gasteiger partial charge on any atom is 0.0359 e. The average Bonchev–Trinajstić information content (AvgIpc) is 2.26. The second-order valence-electron chi connectivity index (χ2n) is 3.77. The third kappa shape index (κ3) is 4.32. The Morgan fingerprint density at radius 3 is 2.73 bits per heavy atom. The van der Waals surface area contributed by atoms with Gasteiger partial charge in [0.05, 0.1) is 0 Å². The van der Waals surface area contributed by atoms with Crippen molar-refractivity contribution >= 4 is 5.69 Å². The predicted octanol–water partition coefficient (Wildman–Crippen LogP) is 1.31. The van der Waals surface area contributed by atoms with Gasteiger partial charge in [-0.3, -0.25) is 0 Å². The normalized spacial score (nSPS) is 10.9. The first-order chi connectivity index (χ1) is 7.24. The van der Waals surface area contributed by atoms with Gasteiger partial charge in [0.2, 0.25) is 0 Å².